The van der Waals surface area contributed by atoms with E-state index in [-0.39, 0.29) is 10.5 Å². The second-order valence-corrected chi connectivity index (χ2v) is 9.11. The van der Waals surface area contributed by atoms with Crippen molar-refractivity contribution in [2.75, 3.05) is 38.5 Å². The minimum absolute atomic E-state index is 0.106. The van der Waals surface area contributed by atoms with Gasteiger partial charge in [0.2, 0.25) is 10.0 Å². The highest BCUT2D eigenvalue weighted by molar-refractivity contribution is 7.89. The van der Waals surface area contributed by atoms with Crippen molar-refractivity contribution in [2.24, 2.45) is 0 Å². The Bertz CT molecular complexity index is 1010. The molecule has 0 unspecified atom stereocenters. The lowest BCUT2D eigenvalue weighted by Gasteiger charge is -2.31. The van der Waals surface area contributed by atoms with Crippen molar-refractivity contribution in [2.45, 2.75) is 11.8 Å². The third-order valence-corrected chi connectivity index (χ3v) is 7.01. The summed E-state index contributed by atoms with van der Waals surface area (Å²) < 4.78 is 41.3. The number of anilines is 1. The zero-order chi connectivity index (χ0) is 20.5. The minimum atomic E-state index is -3.80. The van der Waals surface area contributed by atoms with Crippen LogP contribution in [0.2, 0.25) is 5.02 Å². The third kappa shape index (κ3) is 4.35. The SMILES string of the molecule is Cc1ccc(NC(=O)c2cc(S(=O)(=O)N3CCN(C)CC3)ccc2F)cc1Cl. The quantitative estimate of drug-likeness (QED) is 0.817. The molecule has 2 aromatic rings. The first kappa shape index (κ1) is 20.7. The average Bonchev–Trinajstić information content (AvgIpc) is 2.65. The molecule has 1 saturated heterocycles. The standard InChI is InChI=1S/C19H21ClFN3O3S/c1-13-3-4-14(11-17(13)20)22-19(25)16-12-15(5-6-18(16)21)28(26,27)24-9-7-23(2)8-10-24/h3-6,11-12H,7-10H2,1-2H3,(H,22,25). The number of hydrogen-bond acceptors (Lipinski definition) is 4. The number of hydrogen-bond donors (Lipinski definition) is 1. The molecule has 1 amide bonds. The van der Waals surface area contributed by atoms with E-state index >= 15 is 0 Å². The maximum Gasteiger partial charge on any atom is 0.258 e. The van der Waals surface area contributed by atoms with E-state index in [1.54, 1.807) is 18.2 Å². The second-order valence-electron chi connectivity index (χ2n) is 6.77. The van der Waals surface area contributed by atoms with Gasteiger partial charge in [-0.15, -0.1) is 0 Å². The summed E-state index contributed by atoms with van der Waals surface area (Å²) in [6, 6.07) is 8.18. The van der Waals surface area contributed by atoms with Crippen molar-refractivity contribution in [1.82, 2.24) is 9.21 Å². The molecule has 0 bridgehead atoms. The van der Waals surface area contributed by atoms with Crippen molar-refractivity contribution < 1.29 is 17.6 Å². The summed E-state index contributed by atoms with van der Waals surface area (Å²) in [6.45, 7) is 3.74. The Hall–Kier alpha value is -2.00. The molecule has 0 radical (unpaired) electrons. The monoisotopic (exact) mass is 425 g/mol. The minimum Gasteiger partial charge on any atom is -0.322 e. The van der Waals surface area contributed by atoms with Crippen LogP contribution in [0.3, 0.4) is 0 Å². The van der Waals surface area contributed by atoms with Gasteiger partial charge in [-0.05, 0) is 49.9 Å². The molecular formula is C19H21ClFN3O3S. The molecule has 1 aliphatic heterocycles. The summed E-state index contributed by atoms with van der Waals surface area (Å²) in [5, 5.41) is 3.02. The number of carbonyl (C=O) groups excluding carboxylic acids is 1. The highest BCUT2D eigenvalue weighted by atomic mass is 35.5. The van der Waals surface area contributed by atoms with E-state index in [0.717, 1.165) is 17.7 Å². The molecule has 0 spiro atoms. The van der Waals surface area contributed by atoms with Crippen LogP contribution in [0, 0.1) is 12.7 Å². The van der Waals surface area contributed by atoms with E-state index in [1.165, 1.54) is 10.4 Å². The lowest BCUT2D eigenvalue weighted by Crippen LogP contribution is -2.47. The van der Waals surface area contributed by atoms with Crippen LogP contribution in [0.1, 0.15) is 15.9 Å². The van der Waals surface area contributed by atoms with Gasteiger partial charge in [0.05, 0.1) is 10.5 Å². The van der Waals surface area contributed by atoms with Crippen molar-refractivity contribution in [3.63, 3.8) is 0 Å². The average molecular weight is 426 g/mol. The third-order valence-electron chi connectivity index (χ3n) is 4.71. The van der Waals surface area contributed by atoms with Crippen LogP contribution in [0.25, 0.3) is 0 Å². The first-order valence-corrected chi connectivity index (χ1v) is 10.6. The fourth-order valence-electron chi connectivity index (χ4n) is 2.89. The smallest absolute Gasteiger partial charge is 0.258 e. The van der Waals surface area contributed by atoms with Gasteiger partial charge in [0.1, 0.15) is 5.82 Å². The van der Waals surface area contributed by atoms with Crippen LogP contribution in [0.5, 0.6) is 0 Å². The fourth-order valence-corrected chi connectivity index (χ4v) is 4.51. The Morgan fingerprint density at radius 1 is 1.11 bits per heavy atom. The number of halogens is 2. The number of carbonyl (C=O) groups is 1. The first-order chi connectivity index (χ1) is 13.2. The Morgan fingerprint density at radius 3 is 2.43 bits per heavy atom. The van der Waals surface area contributed by atoms with Gasteiger partial charge in [0.25, 0.3) is 5.91 Å². The van der Waals surface area contributed by atoms with Crippen molar-refractivity contribution in [3.8, 4) is 0 Å². The van der Waals surface area contributed by atoms with E-state index in [9.17, 15) is 17.6 Å². The van der Waals surface area contributed by atoms with Gasteiger partial charge in [-0.3, -0.25) is 4.79 Å². The molecule has 0 aliphatic carbocycles. The Balaban J connectivity index is 1.86. The predicted molar refractivity (Wildman–Crippen MR) is 107 cm³/mol. The van der Waals surface area contributed by atoms with Crippen LogP contribution >= 0.6 is 11.6 Å². The van der Waals surface area contributed by atoms with E-state index < -0.39 is 21.7 Å². The molecule has 1 N–H and O–H groups in total. The highest BCUT2D eigenvalue weighted by Gasteiger charge is 2.28. The number of nitrogens with zero attached hydrogens (tertiary/aromatic N) is 2. The molecule has 0 aromatic heterocycles. The van der Waals surface area contributed by atoms with Gasteiger partial charge in [-0.1, -0.05) is 17.7 Å². The zero-order valence-electron chi connectivity index (χ0n) is 15.6. The van der Waals surface area contributed by atoms with Crippen molar-refractivity contribution in [1.29, 1.82) is 0 Å². The van der Waals surface area contributed by atoms with Gasteiger partial charge < -0.3 is 10.2 Å². The number of piperazine rings is 1. The summed E-state index contributed by atoms with van der Waals surface area (Å²) in [6.07, 6.45) is 0. The normalized spacial score (nSPS) is 16.1. The maximum absolute atomic E-state index is 14.2. The molecule has 3 rings (SSSR count). The van der Waals surface area contributed by atoms with Gasteiger partial charge in [-0.2, -0.15) is 4.31 Å². The van der Waals surface area contributed by atoms with Gasteiger partial charge in [0, 0.05) is 36.9 Å². The fraction of sp³-hybridized carbons (Fsp3) is 0.316. The van der Waals surface area contributed by atoms with Gasteiger partial charge >= 0.3 is 0 Å². The zero-order valence-corrected chi connectivity index (χ0v) is 17.1. The predicted octanol–water partition coefficient (Wildman–Crippen LogP) is 2.98. The summed E-state index contributed by atoms with van der Waals surface area (Å²) in [4.78, 5) is 14.4. The lowest BCUT2D eigenvalue weighted by molar-refractivity contribution is 0.102. The number of amides is 1. The Kier molecular flexibility index (Phi) is 6.04. The van der Waals surface area contributed by atoms with Crippen LogP contribution in [-0.2, 0) is 10.0 Å². The van der Waals surface area contributed by atoms with Crippen molar-refractivity contribution in [3.05, 3.63) is 58.4 Å². The number of aryl methyl sites for hydroxylation is 1. The van der Waals surface area contributed by atoms with Crippen LogP contribution in [0.4, 0.5) is 10.1 Å². The summed E-state index contributed by atoms with van der Waals surface area (Å²) in [5.74, 6) is -1.54. The molecule has 6 nitrogen and oxygen atoms in total. The van der Waals surface area contributed by atoms with E-state index in [4.69, 9.17) is 11.6 Å². The first-order valence-electron chi connectivity index (χ1n) is 8.74. The molecule has 0 atom stereocenters. The summed E-state index contributed by atoms with van der Waals surface area (Å²) in [7, 11) is -1.89. The summed E-state index contributed by atoms with van der Waals surface area (Å²) in [5.41, 5.74) is 0.894. The van der Waals surface area contributed by atoms with E-state index in [2.05, 4.69) is 5.32 Å². The molecule has 1 fully saturated rings. The number of nitrogens with one attached hydrogen (secondary N) is 1. The Labute approximate surface area is 168 Å². The van der Waals surface area contributed by atoms with Gasteiger partial charge in [-0.25, -0.2) is 12.8 Å². The molecule has 28 heavy (non-hydrogen) atoms. The van der Waals surface area contributed by atoms with Crippen LogP contribution < -0.4 is 5.32 Å². The van der Waals surface area contributed by atoms with Crippen LogP contribution in [0.15, 0.2) is 41.3 Å². The molecular weight excluding hydrogens is 405 g/mol. The van der Waals surface area contributed by atoms with Gasteiger partial charge in [0.15, 0.2) is 0 Å². The topological polar surface area (TPSA) is 69.7 Å². The number of benzene rings is 2. The maximum atomic E-state index is 14.2. The molecule has 0 saturated carbocycles. The van der Waals surface area contributed by atoms with Crippen molar-refractivity contribution >= 4 is 33.2 Å². The summed E-state index contributed by atoms with van der Waals surface area (Å²) >= 11 is 6.04. The van der Waals surface area contributed by atoms with E-state index in [0.29, 0.717) is 36.9 Å². The second kappa shape index (κ2) is 8.16. The number of rotatable bonds is 4. The van der Waals surface area contributed by atoms with E-state index in [1.807, 2.05) is 18.9 Å². The molecule has 1 aliphatic rings. The number of sulfonamides is 1. The Morgan fingerprint density at radius 2 is 1.79 bits per heavy atom. The molecule has 2 aromatic carbocycles. The molecule has 1 heterocycles. The largest absolute Gasteiger partial charge is 0.322 e. The van der Waals surface area contributed by atoms with Crippen LogP contribution in [-0.4, -0.2) is 56.8 Å². The molecule has 150 valence electrons. The lowest BCUT2D eigenvalue weighted by atomic mass is 10.2. The molecule has 9 heteroatoms. The number of likely N-dealkylation sites (N-methyl/N-ethyl adjacent to an activating group) is 1. The highest BCUT2D eigenvalue weighted by Crippen LogP contribution is 2.23.